The summed E-state index contributed by atoms with van der Waals surface area (Å²) in [5, 5.41) is 4.61. The fourth-order valence-electron chi connectivity index (χ4n) is 3.29. The maximum atomic E-state index is 12.6. The molecule has 1 heterocycles. The standard InChI is InChI=1S/C25H32ClN3O4/c1-25(2,3)33-24(30)21-16-29-23-15-22(26)19(14-20(21)23)17-4-6-18(7-5-17)32-13-10-28-9-12-31-11-8-27/h4-7,14-16,28-29H,8-13,27H2,1-3H3. The summed E-state index contributed by atoms with van der Waals surface area (Å²) in [5.74, 6) is 0.401. The SMILES string of the molecule is CC(C)(C)OC(=O)c1c[nH]c2cc(Cl)c(-c3ccc(OCCNCCOCCN)cc3)cc12. The Morgan fingerprint density at radius 1 is 1.09 bits per heavy atom. The van der Waals surface area contributed by atoms with E-state index in [1.807, 2.05) is 57.2 Å². The fourth-order valence-corrected chi connectivity index (χ4v) is 3.57. The molecule has 8 heteroatoms. The van der Waals surface area contributed by atoms with Crippen LogP contribution in [0.5, 0.6) is 5.75 Å². The summed E-state index contributed by atoms with van der Waals surface area (Å²) < 4.78 is 16.6. The van der Waals surface area contributed by atoms with Gasteiger partial charge in [-0.1, -0.05) is 23.7 Å². The smallest absolute Gasteiger partial charge is 0.340 e. The summed E-state index contributed by atoms with van der Waals surface area (Å²) in [4.78, 5) is 15.7. The molecule has 4 N–H and O–H groups in total. The van der Waals surface area contributed by atoms with E-state index in [1.54, 1.807) is 6.20 Å². The van der Waals surface area contributed by atoms with E-state index in [9.17, 15) is 4.79 Å². The van der Waals surface area contributed by atoms with Crippen molar-refractivity contribution in [1.82, 2.24) is 10.3 Å². The molecule has 33 heavy (non-hydrogen) atoms. The monoisotopic (exact) mass is 473 g/mol. The highest BCUT2D eigenvalue weighted by Crippen LogP contribution is 2.34. The molecule has 0 atom stereocenters. The lowest BCUT2D eigenvalue weighted by atomic mass is 10.0. The molecule has 0 aliphatic heterocycles. The van der Waals surface area contributed by atoms with Crippen molar-refractivity contribution >= 4 is 28.5 Å². The van der Waals surface area contributed by atoms with Crippen LogP contribution in [0.25, 0.3) is 22.0 Å². The number of ether oxygens (including phenoxy) is 3. The van der Waals surface area contributed by atoms with Crippen molar-refractivity contribution in [3.05, 3.63) is 53.2 Å². The van der Waals surface area contributed by atoms with Gasteiger partial charge in [0.1, 0.15) is 18.0 Å². The zero-order valence-electron chi connectivity index (χ0n) is 19.4. The quantitative estimate of drug-likeness (QED) is 0.282. The van der Waals surface area contributed by atoms with Crippen molar-refractivity contribution in [3.8, 4) is 16.9 Å². The Labute approximate surface area is 199 Å². The Bertz CT molecular complexity index is 1060. The van der Waals surface area contributed by atoms with Crippen LogP contribution in [0.4, 0.5) is 0 Å². The molecule has 0 aliphatic carbocycles. The highest BCUT2D eigenvalue weighted by atomic mass is 35.5. The number of aromatic nitrogens is 1. The number of fused-ring (bicyclic) bond motifs is 1. The third-order valence-electron chi connectivity index (χ3n) is 4.79. The second kappa shape index (κ2) is 11.5. The minimum Gasteiger partial charge on any atom is -0.492 e. The summed E-state index contributed by atoms with van der Waals surface area (Å²) in [5.41, 5.74) is 7.84. The highest BCUT2D eigenvalue weighted by Gasteiger charge is 2.21. The molecular formula is C25H32ClN3O4. The molecule has 0 spiro atoms. The minimum atomic E-state index is -0.570. The van der Waals surface area contributed by atoms with E-state index in [4.69, 9.17) is 31.5 Å². The van der Waals surface area contributed by atoms with Gasteiger partial charge in [0.05, 0.1) is 23.8 Å². The van der Waals surface area contributed by atoms with E-state index >= 15 is 0 Å². The van der Waals surface area contributed by atoms with Crippen LogP contribution in [-0.2, 0) is 9.47 Å². The number of rotatable bonds is 11. The third-order valence-corrected chi connectivity index (χ3v) is 5.10. The van der Waals surface area contributed by atoms with Gasteiger partial charge in [-0.3, -0.25) is 0 Å². The van der Waals surface area contributed by atoms with Gasteiger partial charge < -0.3 is 30.2 Å². The number of nitrogens with one attached hydrogen (secondary N) is 2. The van der Waals surface area contributed by atoms with Gasteiger partial charge in [0, 0.05) is 42.3 Å². The molecule has 0 saturated carbocycles. The first-order valence-corrected chi connectivity index (χ1v) is 11.4. The van der Waals surface area contributed by atoms with Crippen LogP contribution in [0.3, 0.4) is 0 Å². The molecule has 178 valence electrons. The predicted molar refractivity (Wildman–Crippen MR) is 132 cm³/mol. The Morgan fingerprint density at radius 3 is 2.52 bits per heavy atom. The average Bonchev–Trinajstić information content (AvgIpc) is 3.17. The second-order valence-corrected chi connectivity index (χ2v) is 9.01. The fraction of sp³-hybridized carbons (Fsp3) is 0.400. The molecule has 0 unspecified atom stereocenters. The first kappa shape index (κ1) is 25.1. The first-order valence-electron chi connectivity index (χ1n) is 11.0. The molecule has 3 rings (SSSR count). The number of benzene rings is 2. The number of carbonyl (C=O) groups excluding carboxylic acids is 1. The zero-order chi connectivity index (χ0) is 23.8. The van der Waals surface area contributed by atoms with Gasteiger partial charge >= 0.3 is 5.97 Å². The summed E-state index contributed by atoms with van der Waals surface area (Å²) in [6.45, 7) is 9.31. The van der Waals surface area contributed by atoms with Gasteiger partial charge in [-0.15, -0.1) is 0 Å². The number of halogens is 1. The highest BCUT2D eigenvalue weighted by molar-refractivity contribution is 6.34. The first-order chi connectivity index (χ1) is 15.8. The van der Waals surface area contributed by atoms with E-state index in [-0.39, 0.29) is 5.97 Å². The molecule has 0 aliphatic rings. The van der Waals surface area contributed by atoms with Crippen LogP contribution in [0.1, 0.15) is 31.1 Å². The van der Waals surface area contributed by atoms with Gasteiger partial charge in [0.15, 0.2) is 0 Å². The average molecular weight is 474 g/mol. The van der Waals surface area contributed by atoms with Crippen LogP contribution in [-0.4, -0.2) is 56.0 Å². The van der Waals surface area contributed by atoms with E-state index in [1.165, 1.54) is 0 Å². The van der Waals surface area contributed by atoms with Crippen molar-refractivity contribution in [1.29, 1.82) is 0 Å². The summed E-state index contributed by atoms with van der Waals surface area (Å²) in [7, 11) is 0. The molecule has 0 fully saturated rings. The van der Waals surface area contributed by atoms with Gasteiger partial charge in [0.2, 0.25) is 0 Å². The van der Waals surface area contributed by atoms with Crippen molar-refractivity contribution < 1.29 is 19.0 Å². The second-order valence-electron chi connectivity index (χ2n) is 8.61. The van der Waals surface area contributed by atoms with Crippen molar-refractivity contribution in [3.63, 3.8) is 0 Å². The van der Waals surface area contributed by atoms with Crippen LogP contribution in [0, 0.1) is 0 Å². The molecule has 0 amide bonds. The third kappa shape index (κ3) is 7.20. The molecule has 1 aromatic heterocycles. The maximum absolute atomic E-state index is 12.6. The zero-order valence-corrected chi connectivity index (χ0v) is 20.1. The van der Waals surface area contributed by atoms with Gasteiger partial charge in [-0.2, -0.15) is 0 Å². The Balaban J connectivity index is 1.64. The molecule has 2 aromatic carbocycles. The molecule has 7 nitrogen and oxygen atoms in total. The van der Waals surface area contributed by atoms with Crippen molar-refractivity contribution in [2.45, 2.75) is 26.4 Å². The summed E-state index contributed by atoms with van der Waals surface area (Å²) in [6.07, 6.45) is 1.66. The molecule has 3 aromatic rings. The lowest BCUT2D eigenvalue weighted by molar-refractivity contribution is 0.00719. The summed E-state index contributed by atoms with van der Waals surface area (Å²) in [6, 6.07) is 11.5. The van der Waals surface area contributed by atoms with E-state index in [2.05, 4.69) is 10.3 Å². The van der Waals surface area contributed by atoms with Crippen LogP contribution < -0.4 is 15.8 Å². The van der Waals surface area contributed by atoms with Gasteiger partial charge in [0.25, 0.3) is 0 Å². The number of carbonyl (C=O) groups is 1. The number of esters is 1. The topological polar surface area (TPSA) is 98.6 Å². The van der Waals surface area contributed by atoms with Crippen LogP contribution >= 0.6 is 11.6 Å². The number of hydrogen-bond acceptors (Lipinski definition) is 6. The van der Waals surface area contributed by atoms with Crippen molar-refractivity contribution in [2.75, 3.05) is 39.5 Å². The lowest BCUT2D eigenvalue weighted by Crippen LogP contribution is -2.25. The number of nitrogens with two attached hydrogens (primary N) is 1. The van der Waals surface area contributed by atoms with Crippen molar-refractivity contribution in [2.24, 2.45) is 5.73 Å². The molecule has 0 radical (unpaired) electrons. The minimum absolute atomic E-state index is 0.370. The van der Waals surface area contributed by atoms with Gasteiger partial charge in [-0.05, 0) is 50.6 Å². The normalized spacial score (nSPS) is 11.7. The van der Waals surface area contributed by atoms with Gasteiger partial charge in [-0.25, -0.2) is 4.79 Å². The van der Waals surface area contributed by atoms with Crippen LogP contribution in [0.2, 0.25) is 5.02 Å². The number of H-pyrrole nitrogens is 1. The molecular weight excluding hydrogens is 442 g/mol. The van der Waals surface area contributed by atoms with Crippen LogP contribution in [0.15, 0.2) is 42.6 Å². The largest absolute Gasteiger partial charge is 0.492 e. The Hall–Kier alpha value is -2.58. The number of aromatic amines is 1. The Morgan fingerprint density at radius 2 is 1.82 bits per heavy atom. The predicted octanol–water partition coefficient (Wildman–Crippen LogP) is 4.39. The molecule has 0 bridgehead atoms. The van der Waals surface area contributed by atoms with E-state index in [0.717, 1.165) is 40.9 Å². The summed E-state index contributed by atoms with van der Waals surface area (Å²) >= 11 is 6.54. The van der Waals surface area contributed by atoms with E-state index in [0.29, 0.717) is 37.0 Å². The van der Waals surface area contributed by atoms with E-state index < -0.39 is 5.60 Å². The number of hydrogen-bond donors (Lipinski definition) is 3. The molecule has 0 saturated heterocycles. The lowest BCUT2D eigenvalue weighted by Gasteiger charge is -2.19. The maximum Gasteiger partial charge on any atom is 0.340 e. The Kier molecular flexibility index (Phi) is 8.74.